The van der Waals surface area contributed by atoms with Crippen LogP contribution >= 0.6 is 27.3 Å². The van der Waals surface area contributed by atoms with Crippen LogP contribution in [0.15, 0.2) is 40.2 Å². The standard InChI is InChI=1S/C17H21BrN2O2S/c1-12(20(2)11-14-8-9-16(18)23-14)17(21)19-10-13-6-4-5-7-15(13)22-3/h4-9,12H,10-11H2,1-3H3,(H,19,21). The summed E-state index contributed by atoms with van der Waals surface area (Å²) >= 11 is 5.15. The summed E-state index contributed by atoms with van der Waals surface area (Å²) in [6, 6.07) is 11.6. The van der Waals surface area contributed by atoms with Gasteiger partial charge < -0.3 is 10.1 Å². The Kier molecular flexibility index (Phi) is 6.62. The number of carbonyl (C=O) groups excluding carboxylic acids is 1. The Bertz CT molecular complexity index is 660. The average Bonchev–Trinajstić information content (AvgIpc) is 2.96. The van der Waals surface area contributed by atoms with Crippen molar-refractivity contribution in [3.8, 4) is 5.75 Å². The monoisotopic (exact) mass is 396 g/mol. The maximum atomic E-state index is 12.4. The van der Waals surface area contributed by atoms with E-state index >= 15 is 0 Å². The van der Waals surface area contributed by atoms with Gasteiger partial charge in [-0.15, -0.1) is 11.3 Å². The zero-order valence-electron chi connectivity index (χ0n) is 13.5. The van der Waals surface area contributed by atoms with Crippen LogP contribution in [0.4, 0.5) is 0 Å². The van der Waals surface area contributed by atoms with Crippen molar-refractivity contribution in [2.24, 2.45) is 0 Å². The maximum absolute atomic E-state index is 12.4. The predicted octanol–water partition coefficient (Wildman–Crippen LogP) is 3.66. The van der Waals surface area contributed by atoms with E-state index in [2.05, 4.69) is 27.3 Å². The summed E-state index contributed by atoms with van der Waals surface area (Å²) < 4.78 is 6.41. The van der Waals surface area contributed by atoms with Gasteiger partial charge in [0.1, 0.15) is 5.75 Å². The molecule has 1 aromatic carbocycles. The molecule has 0 saturated carbocycles. The number of methoxy groups -OCH3 is 1. The fraction of sp³-hybridized carbons (Fsp3) is 0.353. The van der Waals surface area contributed by atoms with Crippen LogP contribution in [0.1, 0.15) is 17.4 Å². The summed E-state index contributed by atoms with van der Waals surface area (Å²) in [5.74, 6) is 0.797. The van der Waals surface area contributed by atoms with Crippen LogP contribution in [0.5, 0.6) is 5.75 Å². The molecule has 1 atom stereocenters. The molecule has 0 fully saturated rings. The van der Waals surface area contributed by atoms with Crippen LogP contribution in [0, 0.1) is 0 Å². The Morgan fingerprint density at radius 1 is 1.35 bits per heavy atom. The van der Waals surface area contributed by atoms with Gasteiger partial charge in [0.2, 0.25) is 5.91 Å². The van der Waals surface area contributed by atoms with E-state index in [1.165, 1.54) is 4.88 Å². The number of thiophene rings is 1. The Hall–Kier alpha value is -1.37. The number of hydrogen-bond donors (Lipinski definition) is 1. The van der Waals surface area contributed by atoms with Gasteiger partial charge in [-0.25, -0.2) is 0 Å². The molecule has 1 amide bonds. The molecule has 0 aliphatic rings. The molecule has 0 aliphatic carbocycles. The van der Waals surface area contributed by atoms with E-state index < -0.39 is 0 Å². The largest absolute Gasteiger partial charge is 0.496 e. The highest BCUT2D eigenvalue weighted by Crippen LogP contribution is 2.23. The van der Waals surface area contributed by atoms with Crippen molar-refractivity contribution in [2.45, 2.75) is 26.1 Å². The summed E-state index contributed by atoms with van der Waals surface area (Å²) in [4.78, 5) is 15.6. The summed E-state index contributed by atoms with van der Waals surface area (Å²) in [6.07, 6.45) is 0. The molecule has 1 heterocycles. The molecule has 0 spiro atoms. The molecule has 0 aliphatic heterocycles. The van der Waals surface area contributed by atoms with Crippen molar-refractivity contribution >= 4 is 33.2 Å². The Balaban J connectivity index is 1.89. The molecule has 0 saturated heterocycles. The van der Waals surface area contributed by atoms with Crippen molar-refractivity contribution < 1.29 is 9.53 Å². The zero-order chi connectivity index (χ0) is 16.8. The topological polar surface area (TPSA) is 41.6 Å². The normalized spacial score (nSPS) is 12.2. The second kappa shape index (κ2) is 8.47. The molecule has 0 radical (unpaired) electrons. The molecule has 1 aromatic heterocycles. The number of carbonyl (C=O) groups is 1. The Labute approximate surface area is 149 Å². The highest BCUT2D eigenvalue weighted by molar-refractivity contribution is 9.11. The summed E-state index contributed by atoms with van der Waals surface area (Å²) in [5.41, 5.74) is 0.973. The van der Waals surface area contributed by atoms with Gasteiger partial charge in [0, 0.05) is 23.5 Å². The summed E-state index contributed by atoms with van der Waals surface area (Å²) in [5, 5.41) is 2.98. The van der Waals surface area contributed by atoms with Crippen LogP contribution in [-0.4, -0.2) is 31.0 Å². The smallest absolute Gasteiger partial charge is 0.237 e. The number of halogens is 1. The third kappa shape index (κ3) is 5.06. The molecular weight excluding hydrogens is 376 g/mol. The minimum atomic E-state index is -0.203. The number of para-hydroxylation sites is 1. The van der Waals surface area contributed by atoms with E-state index in [-0.39, 0.29) is 11.9 Å². The first-order chi connectivity index (χ1) is 11.0. The molecule has 124 valence electrons. The zero-order valence-corrected chi connectivity index (χ0v) is 15.9. The molecule has 6 heteroatoms. The second-order valence-electron chi connectivity index (χ2n) is 5.33. The molecule has 1 unspecified atom stereocenters. The van der Waals surface area contributed by atoms with E-state index in [1.54, 1.807) is 18.4 Å². The van der Waals surface area contributed by atoms with Crippen LogP contribution in [0.3, 0.4) is 0 Å². The first-order valence-electron chi connectivity index (χ1n) is 7.35. The van der Waals surface area contributed by atoms with Gasteiger partial charge in [-0.1, -0.05) is 18.2 Å². The molecule has 2 rings (SSSR count). The minimum absolute atomic E-state index is 0.00836. The molecular formula is C17H21BrN2O2S. The summed E-state index contributed by atoms with van der Waals surface area (Å²) in [6.45, 7) is 3.13. The number of nitrogens with zero attached hydrogens (tertiary/aromatic N) is 1. The molecule has 0 bridgehead atoms. The lowest BCUT2D eigenvalue weighted by Crippen LogP contribution is -2.42. The summed E-state index contributed by atoms with van der Waals surface area (Å²) in [7, 11) is 3.59. The molecule has 4 nitrogen and oxygen atoms in total. The average molecular weight is 397 g/mol. The van der Waals surface area contributed by atoms with Crippen molar-refractivity contribution in [1.29, 1.82) is 0 Å². The number of amides is 1. The van der Waals surface area contributed by atoms with Gasteiger partial charge in [-0.2, -0.15) is 0 Å². The van der Waals surface area contributed by atoms with Crippen molar-refractivity contribution in [3.05, 3.63) is 50.6 Å². The van der Waals surface area contributed by atoms with Gasteiger partial charge in [-0.05, 0) is 48.1 Å². The lowest BCUT2D eigenvalue weighted by molar-refractivity contribution is -0.125. The van der Waals surface area contributed by atoms with E-state index in [9.17, 15) is 4.79 Å². The van der Waals surface area contributed by atoms with E-state index in [4.69, 9.17) is 4.74 Å². The minimum Gasteiger partial charge on any atom is -0.496 e. The van der Waals surface area contributed by atoms with Gasteiger partial charge in [-0.3, -0.25) is 9.69 Å². The van der Waals surface area contributed by atoms with Crippen LogP contribution in [-0.2, 0) is 17.9 Å². The number of hydrogen-bond acceptors (Lipinski definition) is 4. The predicted molar refractivity (Wildman–Crippen MR) is 97.8 cm³/mol. The van der Waals surface area contributed by atoms with E-state index in [1.807, 2.05) is 49.2 Å². The Morgan fingerprint density at radius 3 is 2.74 bits per heavy atom. The number of benzene rings is 1. The SMILES string of the molecule is COc1ccccc1CNC(=O)C(C)N(C)Cc1ccc(Br)s1. The lowest BCUT2D eigenvalue weighted by Gasteiger charge is -2.23. The van der Waals surface area contributed by atoms with Gasteiger partial charge in [0.05, 0.1) is 16.9 Å². The quantitative estimate of drug-likeness (QED) is 0.776. The number of ether oxygens (including phenoxy) is 1. The Morgan fingerprint density at radius 2 is 2.09 bits per heavy atom. The van der Waals surface area contributed by atoms with Crippen LogP contribution < -0.4 is 10.1 Å². The number of likely N-dealkylation sites (N-methyl/N-ethyl adjacent to an activating group) is 1. The molecule has 1 N–H and O–H groups in total. The van der Waals surface area contributed by atoms with Crippen LogP contribution in [0.2, 0.25) is 0 Å². The van der Waals surface area contributed by atoms with Gasteiger partial charge in [0.15, 0.2) is 0 Å². The van der Waals surface area contributed by atoms with E-state index in [0.29, 0.717) is 6.54 Å². The highest BCUT2D eigenvalue weighted by Gasteiger charge is 2.18. The van der Waals surface area contributed by atoms with Crippen molar-refractivity contribution in [2.75, 3.05) is 14.2 Å². The number of nitrogens with one attached hydrogen (secondary N) is 1. The second-order valence-corrected chi connectivity index (χ2v) is 7.87. The molecule has 23 heavy (non-hydrogen) atoms. The van der Waals surface area contributed by atoms with E-state index in [0.717, 1.165) is 21.6 Å². The lowest BCUT2D eigenvalue weighted by atomic mass is 10.2. The van der Waals surface area contributed by atoms with Crippen LogP contribution in [0.25, 0.3) is 0 Å². The molecule has 2 aromatic rings. The van der Waals surface area contributed by atoms with Crippen molar-refractivity contribution in [1.82, 2.24) is 10.2 Å². The first kappa shape index (κ1) is 18.0. The fourth-order valence-corrected chi connectivity index (χ4v) is 3.75. The van der Waals surface area contributed by atoms with Gasteiger partial charge >= 0.3 is 0 Å². The first-order valence-corrected chi connectivity index (χ1v) is 8.96. The maximum Gasteiger partial charge on any atom is 0.237 e. The van der Waals surface area contributed by atoms with Crippen molar-refractivity contribution in [3.63, 3.8) is 0 Å². The highest BCUT2D eigenvalue weighted by atomic mass is 79.9. The number of rotatable bonds is 7. The third-order valence-electron chi connectivity index (χ3n) is 3.72. The van der Waals surface area contributed by atoms with Gasteiger partial charge in [0.25, 0.3) is 0 Å². The third-order valence-corrected chi connectivity index (χ3v) is 5.33. The fourth-order valence-electron chi connectivity index (χ4n) is 2.20.